The first-order valence-corrected chi connectivity index (χ1v) is 8.20. The van der Waals surface area contributed by atoms with E-state index in [4.69, 9.17) is 5.73 Å². The summed E-state index contributed by atoms with van der Waals surface area (Å²) in [5.41, 5.74) is 4.40. The van der Waals surface area contributed by atoms with Crippen LogP contribution in [0, 0.1) is 5.82 Å². The van der Waals surface area contributed by atoms with Crippen LogP contribution in [0.4, 0.5) is 8.78 Å². The van der Waals surface area contributed by atoms with Gasteiger partial charge in [-0.1, -0.05) is 18.2 Å². The number of alkyl halides is 1. The first-order chi connectivity index (χ1) is 9.72. The van der Waals surface area contributed by atoms with Gasteiger partial charge >= 0.3 is 0 Å². The van der Waals surface area contributed by atoms with Crippen molar-refractivity contribution in [1.82, 2.24) is 0 Å². The van der Waals surface area contributed by atoms with E-state index in [1.165, 1.54) is 25.2 Å². The molecule has 1 aliphatic rings. The predicted octanol–water partition coefficient (Wildman–Crippen LogP) is 2.24. The third-order valence-corrected chi connectivity index (χ3v) is 7.34. The van der Waals surface area contributed by atoms with Gasteiger partial charge in [0.2, 0.25) is 0 Å². The third-order valence-electron chi connectivity index (χ3n) is 4.07. The van der Waals surface area contributed by atoms with Gasteiger partial charge in [0.05, 0.1) is 15.5 Å². The highest BCUT2D eigenvalue weighted by molar-refractivity contribution is 7.95. The van der Waals surface area contributed by atoms with E-state index in [1.807, 2.05) is 0 Å². The van der Waals surface area contributed by atoms with Crippen molar-refractivity contribution < 1.29 is 13.0 Å². The SMILES string of the molecule is CN=[S@]1(=O)C[C@@](CF)(c2ccccc2F)N=C(N)C1(C)C. The maximum absolute atomic E-state index is 14.1. The number of rotatable bonds is 2. The number of nitrogens with two attached hydrogens (primary N) is 1. The first kappa shape index (κ1) is 15.9. The highest BCUT2D eigenvalue weighted by atomic mass is 32.2. The topological polar surface area (TPSA) is 67.8 Å². The largest absolute Gasteiger partial charge is 0.386 e. The summed E-state index contributed by atoms with van der Waals surface area (Å²) in [4.78, 5) is 4.20. The van der Waals surface area contributed by atoms with E-state index < -0.39 is 32.5 Å². The number of aliphatic imine (C=N–C) groups is 1. The Balaban J connectivity index is 2.76. The number of benzene rings is 1. The van der Waals surface area contributed by atoms with Gasteiger partial charge in [0, 0.05) is 12.6 Å². The number of hydrogen-bond acceptors (Lipinski definition) is 4. The zero-order chi connectivity index (χ0) is 15.9. The molecule has 0 bridgehead atoms. The molecular formula is C14H19F2N3OS. The van der Waals surface area contributed by atoms with Crippen LogP contribution in [0.25, 0.3) is 0 Å². The van der Waals surface area contributed by atoms with E-state index in [1.54, 1.807) is 19.9 Å². The van der Waals surface area contributed by atoms with Gasteiger partial charge in [0.25, 0.3) is 0 Å². The minimum atomic E-state index is -2.88. The predicted molar refractivity (Wildman–Crippen MR) is 81.1 cm³/mol. The van der Waals surface area contributed by atoms with E-state index >= 15 is 0 Å². The molecule has 2 rings (SSSR count). The molecule has 2 N–H and O–H groups in total. The summed E-state index contributed by atoms with van der Waals surface area (Å²) >= 11 is 0. The molecule has 21 heavy (non-hydrogen) atoms. The van der Waals surface area contributed by atoms with Crippen molar-refractivity contribution in [2.45, 2.75) is 24.1 Å². The number of halogens is 2. The van der Waals surface area contributed by atoms with E-state index in [0.29, 0.717) is 0 Å². The molecule has 1 aromatic carbocycles. The summed E-state index contributed by atoms with van der Waals surface area (Å²) in [6.07, 6.45) is 0. The molecule has 2 atom stereocenters. The third kappa shape index (κ3) is 2.23. The van der Waals surface area contributed by atoms with Gasteiger partial charge in [0.1, 0.15) is 28.6 Å². The fourth-order valence-electron chi connectivity index (χ4n) is 2.47. The van der Waals surface area contributed by atoms with Crippen molar-refractivity contribution in [3.63, 3.8) is 0 Å². The zero-order valence-electron chi connectivity index (χ0n) is 12.3. The van der Waals surface area contributed by atoms with Crippen LogP contribution in [0.3, 0.4) is 0 Å². The summed E-state index contributed by atoms with van der Waals surface area (Å²) in [6, 6.07) is 5.76. The lowest BCUT2D eigenvalue weighted by Gasteiger charge is -2.40. The highest BCUT2D eigenvalue weighted by Crippen LogP contribution is 2.39. The summed E-state index contributed by atoms with van der Waals surface area (Å²) < 4.78 is 43.9. The quantitative estimate of drug-likeness (QED) is 0.909. The standard InChI is InChI=1S/C14H19F2N3OS/c1-13(2)12(17)19-14(8-15,9-21(13,20)18-3)10-6-4-5-7-11(10)16/h4-7H,8-9H2,1-3H3,(H2,17,19)/t14-,21-/m0/s1. The Hall–Kier alpha value is -1.50. The van der Waals surface area contributed by atoms with Crippen LogP contribution in [0.5, 0.6) is 0 Å². The van der Waals surface area contributed by atoms with Gasteiger partial charge in [-0.3, -0.25) is 4.99 Å². The minimum Gasteiger partial charge on any atom is -0.386 e. The fourth-order valence-corrected chi connectivity index (χ4v) is 4.74. The van der Waals surface area contributed by atoms with Crippen LogP contribution in [0.1, 0.15) is 19.4 Å². The van der Waals surface area contributed by atoms with Crippen molar-refractivity contribution in [1.29, 1.82) is 0 Å². The molecule has 0 saturated heterocycles. The molecule has 0 unspecified atom stereocenters. The molecule has 0 aliphatic carbocycles. The second-order valence-electron chi connectivity index (χ2n) is 5.62. The monoisotopic (exact) mass is 315 g/mol. The summed E-state index contributed by atoms with van der Waals surface area (Å²) in [5, 5.41) is 0. The van der Waals surface area contributed by atoms with Gasteiger partial charge in [0.15, 0.2) is 0 Å². The van der Waals surface area contributed by atoms with Gasteiger partial charge < -0.3 is 5.73 Å². The Kier molecular flexibility index (Phi) is 3.82. The Bertz CT molecular complexity index is 708. The first-order valence-electron chi connectivity index (χ1n) is 6.52. The Morgan fingerprint density at radius 1 is 1.43 bits per heavy atom. The Morgan fingerprint density at radius 3 is 2.57 bits per heavy atom. The normalized spacial score (nSPS) is 31.6. The van der Waals surface area contributed by atoms with E-state index in [0.717, 1.165) is 0 Å². The second kappa shape index (κ2) is 5.05. The van der Waals surface area contributed by atoms with Crippen molar-refractivity contribution in [2.24, 2.45) is 15.1 Å². The summed E-state index contributed by atoms with van der Waals surface area (Å²) in [6.45, 7) is 2.33. The second-order valence-corrected chi connectivity index (χ2v) is 8.58. The van der Waals surface area contributed by atoms with E-state index in [2.05, 4.69) is 9.36 Å². The average Bonchev–Trinajstić information content (AvgIpc) is 2.45. The van der Waals surface area contributed by atoms with Crippen LogP contribution < -0.4 is 5.73 Å². The molecule has 1 aliphatic heterocycles. The molecule has 1 aromatic rings. The molecule has 0 aromatic heterocycles. The maximum Gasteiger partial charge on any atom is 0.131 e. The maximum atomic E-state index is 14.1. The molecule has 0 spiro atoms. The van der Waals surface area contributed by atoms with Crippen LogP contribution >= 0.6 is 0 Å². The molecular weight excluding hydrogens is 296 g/mol. The fraction of sp³-hybridized carbons (Fsp3) is 0.500. The number of nitrogens with zero attached hydrogens (tertiary/aromatic N) is 2. The number of amidine groups is 1. The van der Waals surface area contributed by atoms with Crippen LogP contribution in [-0.4, -0.2) is 34.3 Å². The molecule has 4 nitrogen and oxygen atoms in total. The van der Waals surface area contributed by atoms with Gasteiger partial charge in [-0.15, -0.1) is 0 Å². The molecule has 7 heteroatoms. The summed E-state index contributed by atoms with van der Waals surface area (Å²) in [5.74, 6) is -0.753. The van der Waals surface area contributed by atoms with Gasteiger partial charge in [-0.25, -0.2) is 17.4 Å². The van der Waals surface area contributed by atoms with Gasteiger partial charge in [-0.2, -0.15) is 0 Å². The molecule has 116 valence electrons. The van der Waals surface area contributed by atoms with Crippen molar-refractivity contribution in [2.75, 3.05) is 19.5 Å². The lowest BCUT2D eigenvalue weighted by molar-refractivity contribution is 0.326. The van der Waals surface area contributed by atoms with Crippen LogP contribution in [0.15, 0.2) is 33.6 Å². The minimum absolute atomic E-state index is 0.0326. The summed E-state index contributed by atoms with van der Waals surface area (Å²) in [7, 11) is -1.47. The molecule has 0 fully saturated rings. The number of hydrogen-bond donors (Lipinski definition) is 1. The lowest BCUT2D eigenvalue weighted by Crippen LogP contribution is -2.56. The lowest BCUT2D eigenvalue weighted by atomic mass is 9.92. The molecule has 0 saturated carbocycles. The van der Waals surface area contributed by atoms with E-state index in [9.17, 15) is 13.0 Å². The highest BCUT2D eigenvalue weighted by Gasteiger charge is 2.50. The van der Waals surface area contributed by atoms with Crippen LogP contribution in [-0.2, 0) is 15.3 Å². The van der Waals surface area contributed by atoms with Crippen LogP contribution in [0.2, 0.25) is 0 Å². The smallest absolute Gasteiger partial charge is 0.131 e. The molecule has 1 heterocycles. The van der Waals surface area contributed by atoms with E-state index in [-0.39, 0.29) is 17.2 Å². The molecule has 0 amide bonds. The van der Waals surface area contributed by atoms with Crippen molar-refractivity contribution in [3.8, 4) is 0 Å². The Labute approximate surface area is 123 Å². The average molecular weight is 315 g/mol. The van der Waals surface area contributed by atoms with Crippen molar-refractivity contribution >= 4 is 15.6 Å². The van der Waals surface area contributed by atoms with Gasteiger partial charge in [-0.05, 0) is 19.9 Å². The Morgan fingerprint density at radius 2 is 2.05 bits per heavy atom. The molecule has 0 radical (unpaired) electrons. The van der Waals surface area contributed by atoms with Crippen molar-refractivity contribution in [3.05, 3.63) is 35.6 Å². The zero-order valence-corrected chi connectivity index (χ0v) is 13.1.